The van der Waals surface area contributed by atoms with E-state index >= 15 is 0 Å². The predicted molar refractivity (Wildman–Crippen MR) is 115 cm³/mol. The van der Waals surface area contributed by atoms with E-state index in [1.165, 1.54) is 10.8 Å². The molecule has 0 saturated carbocycles. The Balaban J connectivity index is 1.85. The highest BCUT2D eigenvalue weighted by atomic mass is 14.7. The number of fused-ring (bicyclic) bond motifs is 2. The van der Waals surface area contributed by atoms with Gasteiger partial charge in [-0.15, -0.1) is 0 Å². The van der Waals surface area contributed by atoms with Gasteiger partial charge in [0.2, 0.25) is 0 Å². The predicted octanol–water partition coefficient (Wildman–Crippen LogP) is 6.59. The van der Waals surface area contributed by atoms with Crippen molar-refractivity contribution in [3.8, 4) is 28.5 Å². The van der Waals surface area contributed by atoms with E-state index in [0.29, 0.717) is 5.56 Å². The fourth-order valence-electron chi connectivity index (χ4n) is 3.67. The first-order valence-electron chi connectivity index (χ1n) is 9.21. The molecule has 1 aromatic heterocycles. The van der Waals surface area contributed by atoms with Gasteiger partial charge in [0.05, 0.1) is 22.8 Å². The van der Waals surface area contributed by atoms with Crippen molar-refractivity contribution in [2.24, 2.45) is 0 Å². The molecule has 0 aliphatic rings. The minimum atomic E-state index is 0.638. The van der Waals surface area contributed by atoms with Crippen molar-refractivity contribution >= 4 is 21.7 Å². The maximum absolute atomic E-state index is 9.26. The molecule has 28 heavy (non-hydrogen) atoms. The van der Waals surface area contributed by atoms with Crippen molar-refractivity contribution in [1.29, 1.82) is 5.26 Å². The summed E-state index contributed by atoms with van der Waals surface area (Å²) < 4.78 is 0. The average Bonchev–Trinajstić information content (AvgIpc) is 2.77. The molecule has 0 bridgehead atoms. The Bertz CT molecular complexity index is 1360. The van der Waals surface area contributed by atoms with Gasteiger partial charge in [0.15, 0.2) is 0 Å². The largest absolute Gasteiger partial charge is 0.248 e. The fraction of sp³-hybridized carbons (Fsp3) is 0. The van der Waals surface area contributed by atoms with Crippen molar-refractivity contribution in [2.75, 3.05) is 0 Å². The van der Waals surface area contributed by atoms with Crippen LogP contribution in [-0.4, -0.2) is 4.98 Å². The van der Waals surface area contributed by atoms with Crippen molar-refractivity contribution in [3.63, 3.8) is 0 Å². The number of nitriles is 1. The third-order valence-electron chi connectivity index (χ3n) is 5.05. The molecule has 0 amide bonds. The SMILES string of the molecule is N#Cc1cccc(-c2cc(-c3ccccc3)c3cc4ccccc4cc3n2)c1. The molecule has 1 heterocycles. The van der Waals surface area contributed by atoms with Crippen molar-refractivity contribution in [1.82, 2.24) is 4.98 Å². The molecular weight excluding hydrogens is 340 g/mol. The monoisotopic (exact) mass is 356 g/mol. The first-order chi connectivity index (χ1) is 13.8. The van der Waals surface area contributed by atoms with Gasteiger partial charge in [-0.1, -0.05) is 66.7 Å². The molecule has 5 aromatic rings. The summed E-state index contributed by atoms with van der Waals surface area (Å²) in [6.45, 7) is 0. The van der Waals surface area contributed by atoms with Gasteiger partial charge in [-0.05, 0) is 52.2 Å². The van der Waals surface area contributed by atoms with Crippen LogP contribution >= 0.6 is 0 Å². The Labute approximate surface area is 163 Å². The van der Waals surface area contributed by atoms with Crippen LogP contribution in [0.25, 0.3) is 44.1 Å². The Hall–Kier alpha value is -3.96. The summed E-state index contributed by atoms with van der Waals surface area (Å²) in [6.07, 6.45) is 0. The zero-order valence-corrected chi connectivity index (χ0v) is 15.1. The number of nitrogens with zero attached hydrogens (tertiary/aromatic N) is 2. The summed E-state index contributed by atoms with van der Waals surface area (Å²) in [5.74, 6) is 0. The van der Waals surface area contributed by atoms with E-state index in [4.69, 9.17) is 4.98 Å². The van der Waals surface area contributed by atoms with E-state index in [-0.39, 0.29) is 0 Å². The molecule has 0 saturated heterocycles. The average molecular weight is 356 g/mol. The van der Waals surface area contributed by atoms with Crippen LogP contribution < -0.4 is 0 Å². The maximum atomic E-state index is 9.26. The fourth-order valence-corrected chi connectivity index (χ4v) is 3.67. The summed E-state index contributed by atoms with van der Waals surface area (Å²) in [6, 6.07) is 35.1. The van der Waals surface area contributed by atoms with E-state index in [0.717, 1.165) is 33.3 Å². The van der Waals surface area contributed by atoms with Gasteiger partial charge in [0.1, 0.15) is 0 Å². The third-order valence-corrected chi connectivity index (χ3v) is 5.05. The van der Waals surface area contributed by atoms with Crippen molar-refractivity contribution in [2.45, 2.75) is 0 Å². The third kappa shape index (κ3) is 2.80. The second-order valence-corrected chi connectivity index (χ2v) is 6.83. The van der Waals surface area contributed by atoms with Gasteiger partial charge in [0.25, 0.3) is 0 Å². The number of rotatable bonds is 2. The lowest BCUT2D eigenvalue weighted by Crippen LogP contribution is -1.91. The second kappa shape index (κ2) is 6.64. The van der Waals surface area contributed by atoms with Gasteiger partial charge in [-0.3, -0.25) is 0 Å². The minimum absolute atomic E-state index is 0.638. The summed E-state index contributed by atoms with van der Waals surface area (Å²) in [5, 5.41) is 12.8. The Morgan fingerprint density at radius 1 is 0.643 bits per heavy atom. The van der Waals surface area contributed by atoms with E-state index in [2.05, 4.69) is 66.7 Å². The van der Waals surface area contributed by atoms with Gasteiger partial charge >= 0.3 is 0 Å². The summed E-state index contributed by atoms with van der Waals surface area (Å²) in [7, 11) is 0. The standard InChI is InChI=1S/C26H16N2/c27-17-18-7-6-12-22(13-18)25-16-23(19-8-2-1-3-9-19)24-14-20-10-4-5-11-21(20)15-26(24)28-25/h1-16H. The van der Waals surface area contributed by atoms with Crippen LogP contribution in [0.1, 0.15) is 5.56 Å². The van der Waals surface area contributed by atoms with Crippen LogP contribution in [0.15, 0.2) is 97.1 Å². The van der Waals surface area contributed by atoms with Gasteiger partial charge in [-0.25, -0.2) is 4.98 Å². The van der Waals surface area contributed by atoms with Gasteiger partial charge < -0.3 is 0 Å². The normalized spacial score (nSPS) is 10.8. The van der Waals surface area contributed by atoms with Gasteiger partial charge in [-0.2, -0.15) is 5.26 Å². The molecule has 5 rings (SSSR count). The highest BCUT2D eigenvalue weighted by molar-refractivity contribution is 6.04. The van der Waals surface area contributed by atoms with E-state index in [1.807, 2.05) is 36.4 Å². The molecule has 0 N–H and O–H groups in total. The number of hydrogen-bond donors (Lipinski definition) is 0. The number of pyridine rings is 1. The number of hydrogen-bond acceptors (Lipinski definition) is 2. The Morgan fingerprint density at radius 3 is 2.14 bits per heavy atom. The summed E-state index contributed by atoms with van der Waals surface area (Å²) in [5.41, 5.74) is 5.72. The van der Waals surface area contributed by atoms with Crippen molar-refractivity contribution in [3.05, 3.63) is 103 Å². The molecule has 0 unspecified atom stereocenters. The molecule has 2 heteroatoms. The van der Waals surface area contributed by atoms with Crippen LogP contribution in [0.5, 0.6) is 0 Å². The van der Waals surface area contributed by atoms with Crippen LogP contribution in [-0.2, 0) is 0 Å². The lowest BCUT2D eigenvalue weighted by Gasteiger charge is -2.12. The minimum Gasteiger partial charge on any atom is -0.248 e. The lowest BCUT2D eigenvalue weighted by molar-refractivity contribution is 1.39. The smallest absolute Gasteiger partial charge is 0.0991 e. The van der Waals surface area contributed by atoms with Gasteiger partial charge in [0, 0.05) is 10.9 Å². The molecule has 4 aromatic carbocycles. The topological polar surface area (TPSA) is 36.7 Å². The Morgan fingerprint density at radius 2 is 1.36 bits per heavy atom. The molecule has 0 aliphatic carbocycles. The van der Waals surface area contributed by atoms with Crippen molar-refractivity contribution < 1.29 is 0 Å². The molecule has 0 aliphatic heterocycles. The highest BCUT2D eigenvalue weighted by Crippen LogP contribution is 2.34. The second-order valence-electron chi connectivity index (χ2n) is 6.83. The molecule has 0 fully saturated rings. The first-order valence-corrected chi connectivity index (χ1v) is 9.21. The summed E-state index contributed by atoms with van der Waals surface area (Å²) in [4.78, 5) is 4.95. The van der Waals surface area contributed by atoms with Crippen LogP contribution in [0.3, 0.4) is 0 Å². The zero-order valence-electron chi connectivity index (χ0n) is 15.1. The molecule has 0 atom stereocenters. The highest BCUT2D eigenvalue weighted by Gasteiger charge is 2.11. The number of benzene rings is 4. The molecule has 130 valence electrons. The molecular formula is C26H16N2. The molecule has 0 radical (unpaired) electrons. The molecule has 0 spiro atoms. The van der Waals surface area contributed by atoms with Crippen LogP contribution in [0.2, 0.25) is 0 Å². The summed E-state index contributed by atoms with van der Waals surface area (Å²) >= 11 is 0. The van der Waals surface area contributed by atoms with E-state index in [1.54, 1.807) is 0 Å². The first kappa shape index (κ1) is 16.2. The van der Waals surface area contributed by atoms with Crippen LogP contribution in [0, 0.1) is 11.3 Å². The number of aromatic nitrogens is 1. The van der Waals surface area contributed by atoms with Crippen LogP contribution in [0.4, 0.5) is 0 Å². The zero-order chi connectivity index (χ0) is 18.9. The maximum Gasteiger partial charge on any atom is 0.0991 e. The van der Waals surface area contributed by atoms with E-state index in [9.17, 15) is 5.26 Å². The quantitative estimate of drug-likeness (QED) is 0.334. The Kier molecular flexibility index (Phi) is 3.85. The molecule has 2 nitrogen and oxygen atoms in total. The lowest BCUT2D eigenvalue weighted by atomic mass is 9.96. The van der Waals surface area contributed by atoms with E-state index < -0.39 is 0 Å².